The van der Waals surface area contributed by atoms with E-state index in [0.717, 1.165) is 30.2 Å². The highest BCUT2D eigenvalue weighted by Crippen LogP contribution is 2.30. The van der Waals surface area contributed by atoms with E-state index in [1.807, 2.05) is 35.0 Å². The van der Waals surface area contributed by atoms with Gasteiger partial charge in [-0.2, -0.15) is 5.10 Å². The Morgan fingerprint density at radius 1 is 1.05 bits per heavy atom. The van der Waals surface area contributed by atoms with E-state index in [1.54, 1.807) is 42.5 Å². The van der Waals surface area contributed by atoms with Gasteiger partial charge >= 0.3 is 0 Å². The van der Waals surface area contributed by atoms with E-state index in [4.69, 9.17) is 10.5 Å². The maximum atomic E-state index is 13.8. The van der Waals surface area contributed by atoms with Gasteiger partial charge in [0.25, 0.3) is 11.8 Å². The molecule has 0 bridgehead atoms. The number of fused-ring (bicyclic) bond motifs is 1. The molecule has 0 radical (unpaired) electrons. The van der Waals surface area contributed by atoms with E-state index in [2.05, 4.69) is 22.3 Å². The summed E-state index contributed by atoms with van der Waals surface area (Å²) in [4.78, 5) is 32.2. The van der Waals surface area contributed by atoms with Crippen LogP contribution in [0.4, 0.5) is 5.69 Å². The summed E-state index contributed by atoms with van der Waals surface area (Å²) < 4.78 is 8.80. The van der Waals surface area contributed by atoms with Crippen LogP contribution in [0.3, 0.4) is 0 Å². The smallest absolute Gasteiger partial charge is 0.277 e. The maximum Gasteiger partial charge on any atom is 0.277 e. The molecule has 0 fully saturated rings. The van der Waals surface area contributed by atoms with Crippen molar-refractivity contribution in [3.05, 3.63) is 83.7 Å². The zero-order valence-electron chi connectivity index (χ0n) is 22.3. The lowest BCUT2D eigenvalue weighted by molar-refractivity contribution is 0.0972. The predicted octanol–water partition coefficient (Wildman–Crippen LogP) is 3.65. The monoisotopic (exact) mass is 527 g/mol. The Bertz CT molecular complexity index is 1460. The van der Waals surface area contributed by atoms with Crippen molar-refractivity contribution in [3.8, 4) is 17.1 Å². The van der Waals surface area contributed by atoms with Crippen LogP contribution in [0.15, 0.2) is 60.9 Å². The van der Waals surface area contributed by atoms with Crippen molar-refractivity contribution in [1.82, 2.24) is 24.6 Å². The normalized spacial score (nSPS) is 13.0. The van der Waals surface area contributed by atoms with Crippen LogP contribution in [0.25, 0.3) is 11.4 Å². The molecule has 4 aromatic rings. The van der Waals surface area contributed by atoms with Crippen molar-refractivity contribution in [2.45, 2.75) is 39.2 Å². The van der Waals surface area contributed by atoms with Gasteiger partial charge in [-0.1, -0.05) is 19.8 Å². The number of primary amides is 1. The molecule has 10 heteroatoms. The summed E-state index contributed by atoms with van der Waals surface area (Å²) in [5.41, 5.74) is 9.03. The average molecular weight is 528 g/mol. The van der Waals surface area contributed by atoms with E-state index < -0.39 is 5.91 Å². The highest BCUT2D eigenvalue weighted by atomic mass is 16.5. The first-order valence-electron chi connectivity index (χ1n) is 13.2. The molecule has 1 aliphatic rings. The number of methoxy groups -OCH3 is 1. The van der Waals surface area contributed by atoms with Crippen LogP contribution in [-0.2, 0) is 13.0 Å². The Kier molecular flexibility index (Phi) is 7.74. The lowest BCUT2D eigenvalue weighted by Gasteiger charge is -2.28. The lowest BCUT2D eigenvalue weighted by Crippen LogP contribution is -2.39. The number of hydrogen-bond acceptors (Lipinski definition) is 6. The fourth-order valence-corrected chi connectivity index (χ4v) is 4.91. The van der Waals surface area contributed by atoms with Gasteiger partial charge in [0, 0.05) is 35.9 Å². The summed E-state index contributed by atoms with van der Waals surface area (Å²) in [6.45, 7) is 4.25. The van der Waals surface area contributed by atoms with E-state index in [0.29, 0.717) is 42.2 Å². The first-order chi connectivity index (χ1) is 19.0. The standard InChI is InChI=1S/C29H33N7O3/c1-3-4-5-15-31-19-25-32-16-18-34(25)20-6-8-21(9-7-20)35-17-14-24-26(28(30)37)33-36(27(24)29(35)38)22-10-12-23(39-2)13-11-22/h6-13,16,18,31H,3-5,14-15,17,19H2,1-2H3,(H2,30,37). The molecular weight excluding hydrogens is 494 g/mol. The molecule has 3 N–H and O–H groups in total. The van der Waals surface area contributed by atoms with Gasteiger partial charge in [-0.15, -0.1) is 0 Å². The summed E-state index contributed by atoms with van der Waals surface area (Å²) >= 11 is 0. The fourth-order valence-electron chi connectivity index (χ4n) is 4.91. The Balaban J connectivity index is 1.39. The number of aromatic nitrogens is 4. The number of anilines is 1. The minimum Gasteiger partial charge on any atom is -0.497 e. The minimum atomic E-state index is -0.653. The summed E-state index contributed by atoms with van der Waals surface area (Å²) in [5, 5.41) is 7.89. The number of nitrogens with two attached hydrogens (primary N) is 1. The van der Waals surface area contributed by atoms with Crippen LogP contribution in [0.5, 0.6) is 5.75 Å². The molecule has 0 saturated heterocycles. The van der Waals surface area contributed by atoms with Crippen LogP contribution in [-0.4, -0.2) is 51.3 Å². The number of rotatable bonds is 11. The minimum absolute atomic E-state index is 0.125. The number of carbonyl (C=O) groups is 2. The lowest BCUT2D eigenvalue weighted by atomic mass is 10.0. The number of nitrogens with zero attached hydrogens (tertiary/aromatic N) is 5. The second kappa shape index (κ2) is 11.5. The zero-order chi connectivity index (χ0) is 27.4. The van der Waals surface area contributed by atoms with Crippen molar-refractivity contribution < 1.29 is 14.3 Å². The predicted molar refractivity (Wildman–Crippen MR) is 149 cm³/mol. The Morgan fingerprint density at radius 3 is 2.46 bits per heavy atom. The summed E-state index contributed by atoms with van der Waals surface area (Å²) in [5.74, 6) is 0.719. The third-order valence-corrected chi connectivity index (χ3v) is 6.96. The van der Waals surface area contributed by atoms with E-state index in [9.17, 15) is 9.59 Å². The average Bonchev–Trinajstić information content (AvgIpc) is 3.59. The van der Waals surface area contributed by atoms with Gasteiger partial charge in [-0.25, -0.2) is 9.67 Å². The number of ether oxygens (including phenoxy) is 1. The molecule has 10 nitrogen and oxygen atoms in total. The molecular formula is C29H33N7O3. The van der Waals surface area contributed by atoms with Gasteiger partial charge in [0.05, 0.1) is 19.3 Å². The topological polar surface area (TPSA) is 120 Å². The Hall–Kier alpha value is -4.44. The SMILES string of the molecule is CCCCCNCc1nccn1-c1ccc(N2CCc3c(C(N)=O)nn(-c4ccc(OC)cc4)c3C2=O)cc1. The summed E-state index contributed by atoms with van der Waals surface area (Å²) in [7, 11) is 1.59. The maximum absolute atomic E-state index is 13.8. The Labute approximate surface area is 227 Å². The van der Waals surface area contributed by atoms with Crippen molar-refractivity contribution >= 4 is 17.5 Å². The molecule has 39 heavy (non-hydrogen) atoms. The number of nitrogens with one attached hydrogen (secondary N) is 1. The summed E-state index contributed by atoms with van der Waals surface area (Å²) in [6, 6.07) is 15.0. The van der Waals surface area contributed by atoms with Crippen molar-refractivity contribution in [1.29, 1.82) is 0 Å². The first-order valence-corrected chi connectivity index (χ1v) is 13.2. The van der Waals surface area contributed by atoms with E-state index >= 15 is 0 Å². The van der Waals surface area contributed by atoms with Crippen LogP contribution < -0.4 is 20.7 Å². The third-order valence-electron chi connectivity index (χ3n) is 6.96. The van der Waals surface area contributed by atoms with Crippen LogP contribution in [0, 0.1) is 0 Å². The van der Waals surface area contributed by atoms with Crippen molar-refractivity contribution in [3.63, 3.8) is 0 Å². The van der Waals surface area contributed by atoms with E-state index in [-0.39, 0.29) is 11.6 Å². The number of amides is 2. The van der Waals surface area contributed by atoms with Crippen molar-refractivity contribution in [2.75, 3.05) is 25.1 Å². The van der Waals surface area contributed by atoms with Gasteiger partial charge in [0.1, 0.15) is 17.3 Å². The van der Waals surface area contributed by atoms with Crippen LogP contribution in [0.1, 0.15) is 58.6 Å². The molecule has 0 atom stereocenters. The molecule has 202 valence electrons. The number of hydrogen-bond donors (Lipinski definition) is 2. The van der Waals surface area contributed by atoms with Gasteiger partial charge in [-0.3, -0.25) is 9.59 Å². The third kappa shape index (κ3) is 5.28. The summed E-state index contributed by atoms with van der Waals surface area (Å²) in [6.07, 6.45) is 7.75. The molecule has 2 amide bonds. The number of benzene rings is 2. The van der Waals surface area contributed by atoms with Crippen molar-refractivity contribution in [2.24, 2.45) is 5.73 Å². The molecule has 0 saturated carbocycles. The second-order valence-corrected chi connectivity index (χ2v) is 9.47. The molecule has 0 aliphatic carbocycles. The largest absolute Gasteiger partial charge is 0.497 e. The van der Waals surface area contributed by atoms with Gasteiger partial charge in [-0.05, 0) is 67.9 Å². The highest BCUT2D eigenvalue weighted by Gasteiger charge is 2.34. The van der Waals surface area contributed by atoms with Crippen LogP contribution in [0.2, 0.25) is 0 Å². The molecule has 0 spiro atoms. The molecule has 2 aromatic heterocycles. The molecule has 0 unspecified atom stereocenters. The molecule has 5 rings (SSSR count). The first kappa shape index (κ1) is 26.2. The number of unbranched alkanes of at least 4 members (excludes halogenated alkanes) is 2. The molecule has 3 heterocycles. The van der Waals surface area contributed by atoms with Crippen LogP contribution >= 0.6 is 0 Å². The Morgan fingerprint density at radius 2 is 1.77 bits per heavy atom. The molecule has 1 aliphatic heterocycles. The second-order valence-electron chi connectivity index (χ2n) is 9.47. The van der Waals surface area contributed by atoms with Gasteiger partial charge < -0.3 is 25.3 Å². The number of carbonyl (C=O) groups excluding carboxylic acids is 2. The van der Waals surface area contributed by atoms with Gasteiger partial charge in [0.2, 0.25) is 0 Å². The van der Waals surface area contributed by atoms with Gasteiger partial charge in [0.15, 0.2) is 5.69 Å². The zero-order valence-corrected chi connectivity index (χ0v) is 22.3. The molecule has 2 aromatic carbocycles. The highest BCUT2D eigenvalue weighted by molar-refractivity contribution is 6.09. The quantitative estimate of drug-likeness (QED) is 0.287. The van der Waals surface area contributed by atoms with E-state index in [1.165, 1.54) is 17.5 Å². The number of imidazole rings is 1. The fraction of sp³-hybridized carbons (Fsp3) is 0.310.